The van der Waals surface area contributed by atoms with Gasteiger partial charge in [0.1, 0.15) is 18.2 Å². The van der Waals surface area contributed by atoms with Crippen molar-refractivity contribution in [3.05, 3.63) is 54.1 Å². The van der Waals surface area contributed by atoms with Gasteiger partial charge >= 0.3 is 0 Å². The van der Waals surface area contributed by atoms with Gasteiger partial charge in [0.05, 0.1) is 37.2 Å². The summed E-state index contributed by atoms with van der Waals surface area (Å²) < 4.78 is 1.84. The van der Waals surface area contributed by atoms with Gasteiger partial charge in [0.25, 0.3) is 0 Å². The molecule has 2 aliphatic rings. The van der Waals surface area contributed by atoms with Gasteiger partial charge < -0.3 is 30.9 Å². The van der Waals surface area contributed by atoms with Gasteiger partial charge in [-0.1, -0.05) is 44.2 Å². The zero-order valence-corrected chi connectivity index (χ0v) is 29.8. The van der Waals surface area contributed by atoms with Crippen molar-refractivity contribution < 1.29 is 43.5 Å². The number of Topliss-reactive ketones (excluding diaryl/α,β-unsaturated/α-hetero) is 2. The number of carbonyl (C=O) groups is 7. The molecule has 16 nitrogen and oxygen atoms in total. The first-order valence-electron chi connectivity index (χ1n) is 17.6. The van der Waals surface area contributed by atoms with Crippen LogP contribution in [-0.4, -0.2) is 98.0 Å². The summed E-state index contributed by atoms with van der Waals surface area (Å²) in [6.07, 6.45) is 2.58. The van der Waals surface area contributed by atoms with Crippen molar-refractivity contribution in [2.75, 3.05) is 13.2 Å². The van der Waals surface area contributed by atoms with E-state index in [-0.39, 0.29) is 37.5 Å². The molecule has 2 aliphatic heterocycles. The summed E-state index contributed by atoms with van der Waals surface area (Å²) in [7, 11) is 0. The van der Waals surface area contributed by atoms with Crippen LogP contribution in [0.15, 0.2) is 42.9 Å². The summed E-state index contributed by atoms with van der Waals surface area (Å²) in [5, 5.41) is 15.6. The number of aliphatic hydroxyl groups excluding tert-OH is 1. The molecule has 4 rings (SSSR count). The molecule has 6 atom stereocenters. The van der Waals surface area contributed by atoms with Crippen molar-refractivity contribution in [3.8, 4) is 0 Å². The van der Waals surface area contributed by atoms with Crippen LogP contribution >= 0.6 is 0 Å². The minimum Gasteiger partial charge on any atom is -0.394 e. The quantitative estimate of drug-likeness (QED) is 0.130. The lowest BCUT2D eigenvalue weighted by molar-refractivity contribution is -0.138. The molecule has 0 unspecified atom stereocenters. The maximum Gasteiger partial charge on any atom is 0.246 e. The number of benzene rings is 1. The zero-order valence-electron chi connectivity index (χ0n) is 29.8. The SMILES string of the molecule is CC(=O)N1CCC[C@H]1C(=O)N[C@@H](CC(C)C)C(=O)C[C@@H](Cc1cncn1Cc1ccccc1)C(=O)N[C@@H](CO)C(=O)C[C@H](C(N)=O)[C@@H]1CC(=O)NO1. The minimum atomic E-state index is -1.46. The van der Waals surface area contributed by atoms with Gasteiger partial charge in [-0.05, 0) is 30.7 Å². The Morgan fingerprint density at radius 3 is 2.38 bits per heavy atom. The van der Waals surface area contributed by atoms with Crippen LogP contribution in [0.3, 0.4) is 0 Å². The van der Waals surface area contributed by atoms with Crippen molar-refractivity contribution >= 4 is 41.1 Å². The summed E-state index contributed by atoms with van der Waals surface area (Å²) in [5.41, 5.74) is 9.23. The Morgan fingerprint density at radius 2 is 1.77 bits per heavy atom. The van der Waals surface area contributed by atoms with Crippen molar-refractivity contribution in [2.45, 2.75) is 96.5 Å². The Morgan fingerprint density at radius 1 is 1.06 bits per heavy atom. The van der Waals surface area contributed by atoms with E-state index in [1.165, 1.54) is 11.8 Å². The number of nitrogens with two attached hydrogens (primary N) is 1. The number of aromatic nitrogens is 2. The Kier molecular flexibility index (Phi) is 14.2. The van der Waals surface area contributed by atoms with E-state index in [4.69, 9.17) is 10.6 Å². The zero-order chi connectivity index (χ0) is 37.9. The van der Waals surface area contributed by atoms with E-state index in [1.807, 2.05) is 48.7 Å². The van der Waals surface area contributed by atoms with Crippen molar-refractivity contribution in [2.24, 2.45) is 23.5 Å². The van der Waals surface area contributed by atoms with E-state index < -0.39 is 84.3 Å². The van der Waals surface area contributed by atoms with Gasteiger partial charge in [-0.2, -0.15) is 0 Å². The van der Waals surface area contributed by atoms with Crippen LogP contribution in [0.5, 0.6) is 0 Å². The minimum absolute atomic E-state index is 0.00903. The molecule has 1 aromatic heterocycles. The normalized spacial score (nSPS) is 19.4. The average molecular weight is 724 g/mol. The van der Waals surface area contributed by atoms with Gasteiger partial charge in [0.2, 0.25) is 29.5 Å². The first-order chi connectivity index (χ1) is 24.8. The second-order valence-electron chi connectivity index (χ2n) is 13.9. The predicted octanol–water partition coefficient (Wildman–Crippen LogP) is -0.0510. The fraction of sp³-hybridized carbons (Fsp3) is 0.556. The fourth-order valence-electron chi connectivity index (χ4n) is 6.69. The molecule has 2 saturated heterocycles. The number of hydrogen-bond donors (Lipinski definition) is 5. The van der Waals surface area contributed by atoms with E-state index in [0.29, 0.717) is 31.6 Å². The van der Waals surface area contributed by atoms with Crippen LogP contribution in [0, 0.1) is 17.8 Å². The number of rotatable bonds is 19. The lowest BCUT2D eigenvalue weighted by atomic mass is 9.89. The molecule has 5 amide bonds. The van der Waals surface area contributed by atoms with Crippen molar-refractivity contribution in [3.63, 3.8) is 0 Å². The number of nitrogens with zero attached hydrogens (tertiary/aromatic N) is 3. The molecule has 6 N–H and O–H groups in total. The maximum atomic E-state index is 14.0. The summed E-state index contributed by atoms with van der Waals surface area (Å²) in [4.78, 5) is 102. The van der Waals surface area contributed by atoms with Gasteiger partial charge in [-0.25, -0.2) is 10.5 Å². The molecule has 0 saturated carbocycles. The second-order valence-corrected chi connectivity index (χ2v) is 13.9. The summed E-state index contributed by atoms with van der Waals surface area (Å²) >= 11 is 0. The monoisotopic (exact) mass is 723 g/mol. The molecule has 0 spiro atoms. The molecule has 2 aromatic rings. The number of ketones is 2. The van der Waals surface area contributed by atoms with Crippen molar-refractivity contribution in [1.29, 1.82) is 0 Å². The van der Waals surface area contributed by atoms with Gasteiger partial charge in [-0.15, -0.1) is 0 Å². The first kappa shape index (κ1) is 39.8. The highest BCUT2D eigenvalue weighted by Gasteiger charge is 2.39. The van der Waals surface area contributed by atoms with Gasteiger partial charge in [0.15, 0.2) is 11.6 Å². The average Bonchev–Trinajstić information content (AvgIpc) is 3.87. The van der Waals surface area contributed by atoms with Gasteiger partial charge in [-0.3, -0.25) is 38.4 Å². The van der Waals surface area contributed by atoms with Crippen LogP contribution in [0.1, 0.15) is 70.6 Å². The van der Waals surface area contributed by atoms with E-state index in [2.05, 4.69) is 21.1 Å². The molecule has 282 valence electrons. The number of hydrogen-bond acceptors (Lipinski definition) is 10. The molecule has 16 heteroatoms. The first-order valence-corrected chi connectivity index (χ1v) is 17.6. The van der Waals surface area contributed by atoms with E-state index in [9.17, 15) is 38.7 Å². The highest BCUT2D eigenvalue weighted by molar-refractivity contribution is 5.96. The smallest absolute Gasteiger partial charge is 0.246 e. The number of carbonyl (C=O) groups excluding carboxylic acids is 7. The molecule has 0 bridgehead atoms. The second kappa shape index (κ2) is 18.5. The third kappa shape index (κ3) is 10.8. The van der Waals surface area contributed by atoms with E-state index in [0.717, 1.165) is 5.56 Å². The molecule has 2 fully saturated rings. The Balaban J connectivity index is 1.56. The molecular formula is C36H49N7O9. The summed E-state index contributed by atoms with van der Waals surface area (Å²) in [6.45, 7) is 5.26. The Bertz CT molecular complexity index is 1610. The molecule has 1 aromatic carbocycles. The third-order valence-electron chi connectivity index (χ3n) is 9.47. The number of nitrogens with one attached hydrogen (secondary N) is 3. The van der Waals surface area contributed by atoms with Crippen LogP contribution < -0.4 is 21.8 Å². The van der Waals surface area contributed by atoms with E-state index >= 15 is 0 Å². The molecular weight excluding hydrogens is 674 g/mol. The highest BCUT2D eigenvalue weighted by Crippen LogP contribution is 2.23. The number of amides is 5. The largest absolute Gasteiger partial charge is 0.394 e. The number of likely N-dealkylation sites (tertiary alicyclic amines) is 1. The van der Waals surface area contributed by atoms with Crippen LogP contribution in [0.2, 0.25) is 0 Å². The lowest BCUT2D eigenvalue weighted by Crippen LogP contribution is -2.52. The predicted molar refractivity (Wildman–Crippen MR) is 185 cm³/mol. The number of imidazole rings is 1. The summed E-state index contributed by atoms with van der Waals surface area (Å²) in [6, 6.07) is 6.44. The third-order valence-corrected chi connectivity index (χ3v) is 9.47. The highest BCUT2D eigenvalue weighted by atomic mass is 16.7. The number of aliphatic hydroxyl groups is 1. The Labute approximate surface area is 302 Å². The molecule has 3 heterocycles. The molecule has 52 heavy (non-hydrogen) atoms. The number of hydroxylamine groups is 1. The van der Waals surface area contributed by atoms with E-state index in [1.54, 1.807) is 12.5 Å². The molecule has 0 aliphatic carbocycles. The number of primary amides is 1. The van der Waals surface area contributed by atoms with Crippen LogP contribution in [0.4, 0.5) is 0 Å². The van der Waals surface area contributed by atoms with Crippen LogP contribution in [-0.2, 0) is 51.4 Å². The van der Waals surface area contributed by atoms with Crippen molar-refractivity contribution in [1.82, 2.24) is 30.6 Å². The summed E-state index contributed by atoms with van der Waals surface area (Å²) in [5.74, 6) is -6.19. The molecule has 0 radical (unpaired) electrons. The topological polar surface area (TPSA) is 232 Å². The standard InChI is InChI=1S/C36H49N7O9/c1-21(2)12-27(39-36(51)29-10-7-11-43(29)22(3)45)30(46)14-24(13-25-17-38-20-42(25)18-23-8-5-4-6-9-23)35(50)40-28(19-44)31(47)15-26(34(37)49)32-16-33(48)41-52-32/h4-6,8-9,17,20-21,24,26-29,32,44H,7,10-16,18-19H2,1-3H3,(H2,37,49)(H,39,51)(H,40,50)(H,41,48)/t24-,26+,27+,28+,29+,32+/m1/s1. The lowest BCUT2D eigenvalue weighted by Gasteiger charge is -2.27. The van der Waals surface area contributed by atoms with Crippen LogP contribution in [0.25, 0.3) is 0 Å². The Hall–Kier alpha value is -4.96. The van der Waals surface area contributed by atoms with Gasteiger partial charge in [0, 0.05) is 51.2 Å². The fourth-order valence-corrected chi connectivity index (χ4v) is 6.69. The maximum absolute atomic E-state index is 14.0.